The predicted octanol–water partition coefficient (Wildman–Crippen LogP) is 3.87. The van der Waals surface area contributed by atoms with Crippen molar-refractivity contribution in [2.45, 2.75) is 18.2 Å². The standard InChI is InChI=1S/C22H20N8O2S/c1-15(33-14-30-13-24-12-28-30)32-20-8-16(5-6-17(20)9-23)18-10-26-22(27-11-18)29-19-4-3-7-25-21(19)31-2/h3-8,10-13,15H,14H2,1-2H3,(H,26,27,29)/t15-/m1/s1. The average Bonchev–Trinajstić information content (AvgIpc) is 3.37. The minimum atomic E-state index is -0.200. The summed E-state index contributed by atoms with van der Waals surface area (Å²) in [5.41, 5.74) is 2.54. The van der Waals surface area contributed by atoms with Crippen LogP contribution in [0.25, 0.3) is 11.1 Å². The van der Waals surface area contributed by atoms with Gasteiger partial charge in [0.1, 0.15) is 35.6 Å². The molecule has 3 aromatic heterocycles. The molecule has 0 bridgehead atoms. The van der Waals surface area contributed by atoms with Crippen molar-refractivity contribution in [1.82, 2.24) is 29.7 Å². The van der Waals surface area contributed by atoms with E-state index in [2.05, 4.69) is 36.4 Å². The van der Waals surface area contributed by atoms with E-state index in [-0.39, 0.29) is 5.44 Å². The van der Waals surface area contributed by atoms with Crippen LogP contribution in [0.15, 0.2) is 61.6 Å². The second-order valence-corrected chi connectivity index (χ2v) is 7.97. The van der Waals surface area contributed by atoms with Crippen molar-refractivity contribution in [3.05, 3.63) is 67.1 Å². The Morgan fingerprint density at radius 1 is 1.18 bits per heavy atom. The maximum atomic E-state index is 9.48. The van der Waals surface area contributed by atoms with Crippen molar-refractivity contribution in [2.24, 2.45) is 0 Å². The molecule has 0 saturated heterocycles. The van der Waals surface area contributed by atoms with E-state index >= 15 is 0 Å². The first-order valence-corrected chi connectivity index (χ1v) is 10.9. The molecular weight excluding hydrogens is 440 g/mol. The lowest BCUT2D eigenvalue weighted by molar-refractivity contribution is 0.306. The lowest BCUT2D eigenvalue weighted by Crippen LogP contribution is -2.10. The first-order valence-electron chi connectivity index (χ1n) is 9.89. The van der Waals surface area contributed by atoms with Crippen LogP contribution in [0.1, 0.15) is 12.5 Å². The van der Waals surface area contributed by atoms with Gasteiger partial charge in [-0.2, -0.15) is 10.4 Å². The Balaban J connectivity index is 1.47. The minimum absolute atomic E-state index is 0.200. The number of rotatable bonds is 9. The van der Waals surface area contributed by atoms with Gasteiger partial charge in [-0.3, -0.25) is 0 Å². The molecule has 0 unspecified atom stereocenters. The van der Waals surface area contributed by atoms with Crippen LogP contribution >= 0.6 is 11.8 Å². The minimum Gasteiger partial charge on any atom is -0.480 e. The zero-order chi connectivity index (χ0) is 23.0. The Labute approximate surface area is 194 Å². The second kappa shape index (κ2) is 10.4. The molecule has 0 saturated carbocycles. The zero-order valence-corrected chi connectivity index (χ0v) is 18.7. The molecule has 0 fully saturated rings. The smallest absolute Gasteiger partial charge is 0.237 e. The summed E-state index contributed by atoms with van der Waals surface area (Å²) in [5.74, 6) is 1.95. The molecule has 3 heterocycles. The molecule has 10 nitrogen and oxygen atoms in total. The molecule has 0 spiro atoms. The van der Waals surface area contributed by atoms with Gasteiger partial charge in [-0.25, -0.2) is 24.6 Å². The number of ether oxygens (including phenoxy) is 2. The van der Waals surface area contributed by atoms with E-state index in [0.717, 1.165) is 11.1 Å². The maximum absolute atomic E-state index is 9.48. The van der Waals surface area contributed by atoms with Gasteiger partial charge in [0.05, 0.1) is 18.6 Å². The van der Waals surface area contributed by atoms with Crippen LogP contribution < -0.4 is 14.8 Å². The van der Waals surface area contributed by atoms with Crippen LogP contribution in [-0.4, -0.2) is 42.3 Å². The number of nitriles is 1. The number of thioether (sulfide) groups is 1. The molecule has 33 heavy (non-hydrogen) atoms. The van der Waals surface area contributed by atoms with Gasteiger partial charge < -0.3 is 14.8 Å². The van der Waals surface area contributed by atoms with Gasteiger partial charge in [0.2, 0.25) is 11.8 Å². The summed E-state index contributed by atoms with van der Waals surface area (Å²) < 4.78 is 13.0. The number of anilines is 2. The van der Waals surface area contributed by atoms with Crippen molar-refractivity contribution in [3.63, 3.8) is 0 Å². The Kier molecular flexibility index (Phi) is 6.96. The van der Waals surface area contributed by atoms with Gasteiger partial charge in [0, 0.05) is 24.2 Å². The van der Waals surface area contributed by atoms with Crippen molar-refractivity contribution in [1.29, 1.82) is 5.26 Å². The number of aromatic nitrogens is 6. The van der Waals surface area contributed by atoms with Gasteiger partial charge in [0.25, 0.3) is 0 Å². The summed E-state index contributed by atoms with van der Waals surface area (Å²) in [6, 6.07) is 11.2. The van der Waals surface area contributed by atoms with Crippen LogP contribution in [0.2, 0.25) is 0 Å². The summed E-state index contributed by atoms with van der Waals surface area (Å²) in [6.07, 6.45) is 8.17. The lowest BCUT2D eigenvalue weighted by atomic mass is 10.1. The molecule has 4 aromatic rings. The molecule has 1 N–H and O–H groups in total. The fraction of sp³-hybridized carbons (Fsp3) is 0.182. The molecule has 0 aliphatic carbocycles. The number of nitrogens with zero attached hydrogens (tertiary/aromatic N) is 7. The van der Waals surface area contributed by atoms with Crippen LogP contribution in [-0.2, 0) is 5.88 Å². The van der Waals surface area contributed by atoms with Gasteiger partial charge >= 0.3 is 0 Å². The van der Waals surface area contributed by atoms with E-state index < -0.39 is 0 Å². The Morgan fingerprint density at radius 2 is 2.03 bits per heavy atom. The molecule has 4 rings (SSSR count). The number of hydrogen-bond donors (Lipinski definition) is 1. The Morgan fingerprint density at radius 3 is 2.76 bits per heavy atom. The Hall–Kier alpha value is -4.17. The molecule has 166 valence electrons. The van der Waals surface area contributed by atoms with E-state index in [9.17, 15) is 5.26 Å². The average molecular weight is 461 g/mol. The van der Waals surface area contributed by atoms with Gasteiger partial charge in [-0.1, -0.05) is 17.8 Å². The topological polar surface area (TPSA) is 124 Å². The molecular formula is C22H20N8O2S. The molecule has 11 heteroatoms. The van der Waals surface area contributed by atoms with Crippen molar-refractivity contribution >= 4 is 23.4 Å². The second-order valence-electron chi connectivity index (χ2n) is 6.72. The monoisotopic (exact) mass is 460 g/mol. The fourth-order valence-corrected chi connectivity index (χ4v) is 3.56. The van der Waals surface area contributed by atoms with Crippen LogP contribution in [0.3, 0.4) is 0 Å². The summed E-state index contributed by atoms with van der Waals surface area (Å²) in [4.78, 5) is 16.8. The fourth-order valence-electron chi connectivity index (χ4n) is 2.90. The third-order valence-corrected chi connectivity index (χ3v) is 5.48. The van der Waals surface area contributed by atoms with E-state index in [4.69, 9.17) is 9.47 Å². The summed E-state index contributed by atoms with van der Waals surface area (Å²) >= 11 is 1.54. The molecule has 0 amide bonds. The first-order chi connectivity index (χ1) is 16.2. The van der Waals surface area contributed by atoms with Crippen LogP contribution in [0, 0.1) is 11.3 Å². The molecule has 1 atom stereocenters. The van der Waals surface area contributed by atoms with E-state index in [1.165, 1.54) is 18.1 Å². The lowest BCUT2D eigenvalue weighted by Gasteiger charge is -2.16. The number of nitrogens with one attached hydrogen (secondary N) is 1. The molecule has 0 aliphatic heterocycles. The van der Waals surface area contributed by atoms with Crippen molar-refractivity contribution in [2.75, 3.05) is 12.4 Å². The summed E-state index contributed by atoms with van der Waals surface area (Å²) in [6.45, 7) is 1.92. The molecule has 0 radical (unpaired) electrons. The van der Waals surface area contributed by atoms with Gasteiger partial charge in [-0.05, 0) is 36.8 Å². The van der Waals surface area contributed by atoms with E-state index in [0.29, 0.717) is 34.7 Å². The molecule has 1 aromatic carbocycles. The third kappa shape index (κ3) is 5.55. The van der Waals surface area contributed by atoms with Crippen LogP contribution in [0.5, 0.6) is 11.6 Å². The highest BCUT2D eigenvalue weighted by Gasteiger charge is 2.12. The summed E-state index contributed by atoms with van der Waals surface area (Å²) in [5, 5.41) is 16.6. The summed E-state index contributed by atoms with van der Waals surface area (Å²) in [7, 11) is 1.55. The van der Waals surface area contributed by atoms with Gasteiger partial charge in [-0.15, -0.1) is 0 Å². The highest BCUT2D eigenvalue weighted by molar-refractivity contribution is 7.98. The predicted molar refractivity (Wildman–Crippen MR) is 124 cm³/mol. The van der Waals surface area contributed by atoms with Crippen molar-refractivity contribution in [3.8, 4) is 28.8 Å². The number of benzene rings is 1. The maximum Gasteiger partial charge on any atom is 0.237 e. The number of hydrogen-bond acceptors (Lipinski definition) is 10. The highest BCUT2D eigenvalue weighted by atomic mass is 32.2. The third-order valence-electron chi connectivity index (χ3n) is 4.50. The number of methoxy groups -OCH3 is 1. The molecule has 0 aliphatic rings. The zero-order valence-electron chi connectivity index (χ0n) is 17.9. The van der Waals surface area contributed by atoms with Crippen LogP contribution in [0.4, 0.5) is 11.6 Å². The SMILES string of the molecule is COc1ncccc1Nc1ncc(-c2ccc(C#N)c(O[C@@H](C)SCn3cncn3)c2)cn1. The largest absolute Gasteiger partial charge is 0.480 e. The number of pyridine rings is 1. The quantitative estimate of drug-likeness (QED) is 0.368. The van der Waals surface area contributed by atoms with Crippen molar-refractivity contribution < 1.29 is 9.47 Å². The first kappa shape index (κ1) is 22.0. The van der Waals surface area contributed by atoms with E-state index in [1.807, 2.05) is 25.1 Å². The Bertz CT molecular complexity index is 1240. The van der Waals surface area contributed by atoms with E-state index in [1.54, 1.807) is 48.8 Å². The van der Waals surface area contributed by atoms with Gasteiger partial charge in [0.15, 0.2) is 0 Å². The normalized spacial score (nSPS) is 11.4. The highest BCUT2D eigenvalue weighted by Crippen LogP contribution is 2.30.